The van der Waals surface area contributed by atoms with Gasteiger partial charge in [-0.25, -0.2) is 4.98 Å². The Morgan fingerprint density at radius 3 is 2.84 bits per heavy atom. The number of carbonyl (C=O) groups is 1. The van der Waals surface area contributed by atoms with Crippen molar-refractivity contribution in [3.8, 4) is 11.5 Å². The van der Waals surface area contributed by atoms with Crippen LogP contribution in [0.1, 0.15) is 43.4 Å². The van der Waals surface area contributed by atoms with Crippen LogP contribution in [0.2, 0.25) is 0 Å². The number of carbonyl (C=O) groups excluding carboxylic acids is 1. The van der Waals surface area contributed by atoms with Gasteiger partial charge < -0.3 is 15.5 Å². The summed E-state index contributed by atoms with van der Waals surface area (Å²) in [7, 11) is 0. The number of nitrogens with one attached hydrogen (secondary N) is 1. The number of aryl methyl sites for hydroxylation is 1. The molecule has 1 amide bonds. The van der Waals surface area contributed by atoms with Gasteiger partial charge in [0, 0.05) is 10.9 Å². The van der Waals surface area contributed by atoms with Crippen molar-refractivity contribution in [2.24, 2.45) is 11.7 Å². The Kier molecular flexibility index (Phi) is 7.93. The molecular weight excluding hydrogens is 381 g/mol. The van der Waals surface area contributed by atoms with E-state index in [-0.39, 0.29) is 36.6 Å². The summed E-state index contributed by atoms with van der Waals surface area (Å²) >= 11 is 1.59. The molecule has 0 aromatic carbocycles. The number of hydrogen-bond donors (Lipinski definition) is 2. The number of aromatic nitrogens is 1. The molecule has 2 heterocycles. The summed E-state index contributed by atoms with van der Waals surface area (Å²) in [5.74, 6) is 1.37. The molecule has 2 unspecified atom stereocenters. The first-order chi connectivity index (χ1) is 11.0. The normalized spacial score (nSPS) is 22.6. The highest BCUT2D eigenvalue weighted by molar-refractivity contribution is 7.09. The zero-order valence-electron chi connectivity index (χ0n) is 14.4. The van der Waals surface area contributed by atoms with Crippen molar-refractivity contribution >= 4 is 42.1 Å². The second-order valence-corrected chi connectivity index (χ2v) is 7.60. The van der Waals surface area contributed by atoms with Crippen LogP contribution in [0.15, 0.2) is 21.9 Å². The largest absolute Gasteiger partial charge is 0.458 e. The van der Waals surface area contributed by atoms with Crippen molar-refractivity contribution in [1.29, 1.82) is 0 Å². The minimum absolute atomic E-state index is 0. The average Bonchev–Trinajstić information content (AvgIpc) is 3.13. The minimum atomic E-state index is -0.408. The van der Waals surface area contributed by atoms with Gasteiger partial charge in [0.25, 0.3) is 0 Å². The van der Waals surface area contributed by atoms with Gasteiger partial charge in [-0.3, -0.25) is 4.79 Å². The van der Waals surface area contributed by atoms with Crippen LogP contribution >= 0.6 is 36.2 Å². The van der Waals surface area contributed by atoms with E-state index in [0.29, 0.717) is 6.54 Å². The number of thiazole rings is 1. The highest BCUT2D eigenvalue weighted by atomic mass is 35.5. The van der Waals surface area contributed by atoms with Gasteiger partial charge in [0.2, 0.25) is 5.91 Å². The molecule has 3 rings (SSSR count). The standard InChI is InChI=1S/C17H23N3O2S.2ClH/c1-11-20-14(10-23-11)15-7-6-12(22-15)9-19-16(21)13-5-3-4-8-17(13,2)18;;/h6-7,10,13H,3-5,8-9,18H2,1-2H3,(H,19,21);2*1H. The quantitative estimate of drug-likeness (QED) is 0.802. The third-order valence-electron chi connectivity index (χ3n) is 4.54. The molecule has 5 nitrogen and oxygen atoms in total. The van der Waals surface area contributed by atoms with Crippen LogP contribution in [0.25, 0.3) is 11.5 Å². The Morgan fingerprint density at radius 2 is 2.20 bits per heavy atom. The summed E-state index contributed by atoms with van der Waals surface area (Å²) in [5.41, 5.74) is 6.71. The van der Waals surface area contributed by atoms with Crippen molar-refractivity contribution in [2.75, 3.05) is 0 Å². The SMILES string of the molecule is Cc1nc(-c2ccc(CNC(=O)C3CCCCC3(C)N)o2)cs1.Cl.Cl. The van der Waals surface area contributed by atoms with Gasteiger partial charge in [0.1, 0.15) is 11.5 Å². The second kappa shape index (κ2) is 9.03. The zero-order chi connectivity index (χ0) is 16.4. The first kappa shape index (κ1) is 22.0. The molecule has 0 saturated heterocycles. The predicted molar refractivity (Wildman–Crippen MR) is 105 cm³/mol. The fourth-order valence-corrected chi connectivity index (χ4v) is 3.78. The lowest BCUT2D eigenvalue weighted by atomic mass is 9.74. The molecule has 0 bridgehead atoms. The maximum atomic E-state index is 12.4. The highest BCUT2D eigenvalue weighted by Gasteiger charge is 2.37. The van der Waals surface area contributed by atoms with E-state index in [4.69, 9.17) is 10.2 Å². The van der Waals surface area contributed by atoms with Crippen LogP contribution in [0.4, 0.5) is 0 Å². The predicted octanol–water partition coefficient (Wildman–Crippen LogP) is 4.08. The van der Waals surface area contributed by atoms with Gasteiger partial charge in [0.05, 0.1) is 17.5 Å². The monoisotopic (exact) mass is 405 g/mol. The molecule has 8 heteroatoms. The van der Waals surface area contributed by atoms with E-state index in [1.165, 1.54) is 0 Å². The van der Waals surface area contributed by atoms with Gasteiger partial charge in [0.15, 0.2) is 5.76 Å². The smallest absolute Gasteiger partial charge is 0.225 e. The van der Waals surface area contributed by atoms with E-state index in [9.17, 15) is 4.79 Å². The molecule has 140 valence electrons. The van der Waals surface area contributed by atoms with E-state index in [2.05, 4.69) is 10.3 Å². The van der Waals surface area contributed by atoms with Gasteiger partial charge in [-0.1, -0.05) is 12.8 Å². The minimum Gasteiger partial charge on any atom is -0.458 e. The molecular formula is C17H25Cl2N3O2S. The third-order valence-corrected chi connectivity index (χ3v) is 5.31. The summed E-state index contributed by atoms with van der Waals surface area (Å²) < 4.78 is 5.77. The van der Waals surface area contributed by atoms with E-state index in [1.807, 2.05) is 31.4 Å². The Morgan fingerprint density at radius 1 is 1.44 bits per heavy atom. The summed E-state index contributed by atoms with van der Waals surface area (Å²) in [6.45, 7) is 4.33. The molecule has 1 fully saturated rings. The van der Waals surface area contributed by atoms with Crippen LogP contribution < -0.4 is 11.1 Å². The molecule has 1 aliphatic rings. The van der Waals surface area contributed by atoms with Gasteiger partial charge in [-0.15, -0.1) is 36.2 Å². The first-order valence-electron chi connectivity index (χ1n) is 8.03. The summed E-state index contributed by atoms with van der Waals surface area (Å²) in [4.78, 5) is 16.8. The highest BCUT2D eigenvalue weighted by Crippen LogP contribution is 2.31. The maximum absolute atomic E-state index is 12.4. The summed E-state index contributed by atoms with van der Waals surface area (Å²) in [6, 6.07) is 3.77. The van der Waals surface area contributed by atoms with Crippen molar-refractivity contribution in [3.05, 3.63) is 28.3 Å². The number of nitrogens with zero attached hydrogens (tertiary/aromatic N) is 1. The fourth-order valence-electron chi connectivity index (χ4n) is 3.17. The zero-order valence-corrected chi connectivity index (χ0v) is 16.9. The fraction of sp³-hybridized carbons (Fsp3) is 0.529. The van der Waals surface area contributed by atoms with Crippen LogP contribution in [-0.4, -0.2) is 16.4 Å². The van der Waals surface area contributed by atoms with Crippen molar-refractivity contribution in [2.45, 2.75) is 51.6 Å². The van der Waals surface area contributed by atoms with Gasteiger partial charge >= 0.3 is 0 Å². The number of nitrogens with two attached hydrogens (primary N) is 1. The molecule has 2 aromatic rings. The molecule has 2 atom stereocenters. The van der Waals surface area contributed by atoms with E-state index in [1.54, 1.807) is 11.3 Å². The van der Waals surface area contributed by atoms with E-state index in [0.717, 1.165) is 47.9 Å². The van der Waals surface area contributed by atoms with Crippen LogP contribution in [0.3, 0.4) is 0 Å². The Bertz CT molecular complexity index is 700. The number of furan rings is 1. The van der Waals surface area contributed by atoms with E-state index >= 15 is 0 Å². The van der Waals surface area contributed by atoms with Crippen molar-refractivity contribution in [1.82, 2.24) is 10.3 Å². The lowest BCUT2D eigenvalue weighted by Gasteiger charge is -2.37. The molecule has 25 heavy (non-hydrogen) atoms. The molecule has 1 aliphatic carbocycles. The van der Waals surface area contributed by atoms with Crippen LogP contribution in [-0.2, 0) is 11.3 Å². The molecule has 2 aromatic heterocycles. The molecule has 1 saturated carbocycles. The van der Waals surface area contributed by atoms with Gasteiger partial charge in [-0.05, 0) is 38.8 Å². The lowest BCUT2D eigenvalue weighted by Crippen LogP contribution is -2.52. The average molecular weight is 406 g/mol. The van der Waals surface area contributed by atoms with Crippen molar-refractivity contribution < 1.29 is 9.21 Å². The van der Waals surface area contributed by atoms with E-state index < -0.39 is 5.54 Å². The van der Waals surface area contributed by atoms with Crippen LogP contribution in [0, 0.1) is 12.8 Å². The number of halogens is 2. The summed E-state index contributed by atoms with van der Waals surface area (Å²) in [6.07, 6.45) is 3.93. The third kappa shape index (κ3) is 5.20. The molecule has 0 radical (unpaired) electrons. The Labute approximate surface area is 164 Å². The lowest BCUT2D eigenvalue weighted by molar-refractivity contribution is -0.128. The number of amides is 1. The Hall–Kier alpha value is -1.08. The number of rotatable bonds is 4. The van der Waals surface area contributed by atoms with Crippen LogP contribution in [0.5, 0.6) is 0 Å². The number of hydrogen-bond acceptors (Lipinski definition) is 5. The maximum Gasteiger partial charge on any atom is 0.225 e. The van der Waals surface area contributed by atoms with Gasteiger partial charge in [-0.2, -0.15) is 0 Å². The second-order valence-electron chi connectivity index (χ2n) is 6.54. The molecule has 0 spiro atoms. The first-order valence-corrected chi connectivity index (χ1v) is 8.91. The molecule has 0 aliphatic heterocycles. The molecule has 3 N–H and O–H groups in total. The van der Waals surface area contributed by atoms with Crippen molar-refractivity contribution in [3.63, 3.8) is 0 Å². The summed E-state index contributed by atoms with van der Waals surface area (Å²) in [5, 5.41) is 5.94. The Balaban J connectivity index is 0.00000156. The topological polar surface area (TPSA) is 81.2 Å².